The molecule has 3 rings (SSSR count). The number of para-hydroxylation sites is 1. The van der Waals surface area contributed by atoms with E-state index in [0.29, 0.717) is 5.41 Å². The molecule has 0 spiro atoms. The summed E-state index contributed by atoms with van der Waals surface area (Å²) in [4.78, 5) is 10.3. The summed E-state index contributed by atoms with van der Waals surface area (Å²) >= 11 is 0. The van der Waals surface area contributed by atoms with Gasteiger partial charge in [0.15, 0.2) is 0 Å². The van der Waals surface area contributed by atoms with Gasteiger partial charge in [-0.1, -0.05) is 141 Å². The van der Waals surface area contributed by atoms with Crippen LogP contribution in [0.2, 0.25) is 0 Å². The van der Waals surface area contributed by atoms with Crippen molar-refractivity contribution in [3.63, 3.8) is 0 Å². The number of rotatable bonds is 1. The molecular weight excluding hydrogens is 430 g/mol. The Balaban J connectivity index is 0.000000493. The van der Waals surface area contributed by atoms with Gasteiger partial charge in [0, 0.05) is 11.6 Å². The third-order valence-electron chi connectivity index (χ3n) is 5.83. The van der Waals surface area contributed by atoms with E-state index in [1.165, 1.54) is 23.1 Å². The Labute approximate surface area is 215 Å². The second-order valence-electron chi connectivity index (χ2n) is 12.3. The molecule has 0 atom stereocenters. The average molecular weight is 480 g/mol. The monoisotopic (exact) mass is 479 g/mol. The fourth-order valence-corrected chi connectivity index (χ4v) is 3.50. The maximum Gasteiger partial charge on any atom is 0.273 e. The van der Waals surface area contributed by atoms with Gasteiger partial charge < -0.3 is 0 Å². The summed E-state index contributed by atoms with van der Waals surface area (Å²) in [6.07, 6.45) is 5.67. The van der Waals surface area contributed by atoms with E-state index >= 15 is 0 Å². The fourth-order valence-electron chi connectivity index (χ4n) is 3.50. The zero-order chi connectivity index (χ0) is 26.3. The highest BCUT2D eigenvalue weighted by Crippen LogP contribution is 2.33. The molecule has 0 N–H and O–H groups in total. The Morgan fingerprint density at radius 3 is 1.54 bits per heavy atom. The fraction of sp³-hybridized carbons (Fsp3) is 0.500. The molecule has 0 saturated heterocycles. The standard InChI is InChI=1S/C11H16.C10H13NO2.C10H16.CH4/c1-9-5-7-10(8-6-9)11(2,3)4;1-10(2,3)8-6-4-5-7-9(8)11(12)13;1-8-5-6-9(7-8)10(2,3)4;/h5-8H,1-4H3;4-7H,1-3H3;5-6H,7H2,1-4H3;1H4. The SMILES string of the molecule is C.CC(C)(C)c1ccccc1[N+](=O)[O-].CC1=CC=C(C(C)(C)C)C1.Cc1ccc(C(C)(C)C)cc1. The second-order valence-corrected chi connectivity index (χ2v) is 12.3. The summed E-state index contributed by atoms with van der Waals surface area (Å²) in [6.45, 7) is 23.7. The Morgan fingerprint density at radius 1 is 0.714 bits per heavy atom. The summed E-state index contributed by atoms with van der Waals surface area (Å²) in [5, 5.41) is 10.7. The van der Waals surface area contributed by atoms with Crippen molar-refractivity contribution in [3.05, 3.63) is 98.6 Å². The van der Waals surface area contributed by atoms with Gasteiger partial charge in [0.25, 0.3) is 5.69 Å². The van der Waals surface area contributed by atoms with E-state index < -0.39 is 0 Å². The summed E-state index contributed by atoms with van der Waals surface area (Å²) in [6, 6.07) is 15.6. The number of nitrogens with zero attached hydrogens (tertiary/aromatic N) is 1. The van der Waals surface area contributed by atoms with Crippen LogP contribution < -0.4 is 0 Å². The number of hydrogen-bond acceptors (Lipinski definition) is 2. The van der Waals surface area contributed by atoms with Gasteiger partial charge in [-0.15, -0.1) is 0 Å². The van der Waals surface area contributed by atoms with Crippen molar-refractivity contribution >= 4 is 5.69 Å². The normalized spacial score (nSPS) is 13.2. The van der Waals surface area contributed by atoms with E-state index in [2.05, 4.69) is 91.8 Å². The van der Waals surface area contributed by atoms with Crippen LogP contribution in [0.4, 0.5) is 5.69 Å². The summed E-state index contributed by atoms with van der Waals surface area (Å²) in [5.41, 5.74) is 7.25. The molecule has 2 aromatic carbocycles. The number of hydrogen-bond donors (Lipinski definition) is 0. The predicted octanol–water partition coefficient (Wildman–Crippen LogP) is 10.1. The number of nitro benzene ring substituents is 1. The van der Waals surface area contributed by atoms with Crippen LogP contribution in [0, 0.1) is 22.5 Å². The lowest BCUT2D eigenvalue weighted by Crippen LogP contribution is -2.13. The first kappa shape index (κ1) is 32.3. The zero-order valence-corrected chi connectivity index (χ0v) is 23.2. The summed E-state index contributed by atoms with van der Waals surface area (Å²) in [5.74, 6) is 0. The molecule has 0 saturated carbocycles. The van der Waals surface area contributed by atoms with Crippen molar-refractivity contribution in [2.45, 2.75) is 101 Å². The highest BCUT2D eigenvalue weighted by atomic mass is 16.6. The molecular formula is C32H49NO2. The highest BCUT2D eigenvalue weighted by molar-refractivity contribution is 5.44. The topological polar surface area (TPSA) is 43.1 Å². The molecule has 194 valence electrons. The molecule has 1 aliphatic carbocycles. The van der Waals surface area contributed by atoms with Crippen LogP contribution in [0.3, 0.4) is 0 Å². The number of nitro groups is 1. The molecule has 3 heteroatoms. The lowest BCUT2D eigenvalue weighted by molar-refractivity contribution is -0.386. The molecule has 1 aliphatic rings. The van der Waals surface area contributed by atoms with Crippen molar-refractivity contribution in [2.24, 2.45) is 5.41 Å². The zero-order valence-electron chi connectivity index (χ0n) is 23.2. The summed E-state index contributed by atoms with van der Waals surface area (Å²) in [7, 11) is 0. The largest absolute Gasteiger partial charge is 0.273 e. The maximum atomic E-state index is 10.7. The van der Waals surface area contributed by atoms with E-state index in [-0.39, 0.29) is 28.9 Å². The smallest absolute Gasteiger partial charge is 0.258 e. The molecule has 0 amide bonds. The predicted molar refractivity (Wildman–Crippen MR) is 154 cm³/mol. The Bertz CT molecular complexity index is 1010. The minimum atomic E-state index is -0.333. The van der Waals surface area contributed by atoms with Gasteiger partial charge in [-0.2, -0.15) is 0 Å². The Morgan fingerprint density at radius 2 is 1.23 bits per heavy atom. The minimum Gasteiger partial charge on any atom is -0.258 e. The van der Waals surface area contributed by atoms with Crippen molar-refractivity contribution < 1.29 is 4.92 Å². The van der Waals surface area contributed by atoms with Gasteiger partial charge in [-0.05, 0) is 42.1 Å². The lowest BCUT2D eigenvalue weighted by Gasteiger charge is -2.20. The van der Waals surface area contributed by atoms with Crippen molar-refractivity contribution in [1.82, 2.24) is 0 Å². The molecule has 0 heterocycles. The molecule has 0 radical (unpaired) electrons. The van der Waals surface area contributed by atoms with Crippen LogP contribution in [0.1, 0.15) is 99.8 Å². The molecule has 0 unspecified atom stereocenters. The van der Waals surface area contributed by atoms with Crippen molar-refractivity contribution in [3.8, 4) is 0 Å². The van der Waals surface area contributed by atoms with E-state index in [9.17, 15) is 10.1 Å². The van der Waals surface area contributed by atoms with Crippen molar-refractivity contribution in [1.29, 1.82) is 0 Å². The quantitative estimate of drug-likeness (QED) is 0.301. The van der Waals surface area contributed by atoms with Crippen LogP contribution in [0.25, 0.3) is 0 Å². The third kappa shape index (κ3) is 11.1. The van der Waals surface area contributed by atoms with Crippen LogP contribution in [-0.4, -0.2) is 4.92 Å². The number of aryl methyl sites for hydroxylation is 1. The van der Waals surface area contributed by atoms with Gasteiger partial charge >= 0.3 is 0 Å². The highest BCUT2D eigenvalue weighted by Gasteiger charge is 2.23. The first-order chi connectivity index (χ1) is 15.4. The Hall–Kier alpha value is -2.68. The van der Waals surface area contributed by atoms with Gasteiger partial charge in [-0.25, -0.2) is 0 Å². The van der Waals surface area contributed by atoms with Crippen LogP contribution in [-0.2, 0) is 10.8 Å². The van der Waals surface area contributed by atoms with Gasteiger partial charge in [0.1, 0.15) is 0 Å². The van der Waals surface area contributed by atoms with Crippen molar-refractivity contribution in [2.75, 3.05) is 0 Å². The van der Waals surface area contributed by atoms with E-state index in [0.717, 1.165) is 5.56 Å². The summed E-state index contributed by atoms with van der Waals surface area (Å²) < 4.78 is 0. The number of allylic oxidation sites excluding steroid dienone is 4. The first-order valence-electron chi connectivity index (χ1n) is 12.1. The van der Waals surface area contributed by atoms with Gasteiger partial charge in [-0.3, -0.25) is 10.1 Å². The first-order valence-corrected chi connectivity index (χ1v) is 12.1. The van der Waals surface area contributed by atoms with Crippen LogP contribution >= 0.6 is 0 Å². The van der Waals surface area contributed by atoms with Gasteiger partial charge in [0.05, 0.1) is 4.92 Å². The second kappa shape index (κ2) is 12.9. The molecule has 0 aliphatic heterocycles. The molecule has 0 fully saturated rings. The molecule has 3 nitrogen and oxygen atoms in total. The van der Waals surface area contributed by atoms with E-state index in [1.54, 1.807) is 23.8 Å². The molecule has 2 aromatic rings. The number of benzene rings is 2. The minimum absolute atomic E-state index is 0. The van der Waals surface area contributed by atoms with E-state index in [4.69, 9.17) is 0 Å². The van der Waals surface area contributed by atoms with Crippen LogP contribution in [0.15, 0.2) is 71.8 Å². The molecule has 0 aromatic heterocycles. The maximum absolute atomic E-state index is 10.7. The van der Waals surface area contributed by atoms with Gasteiger partial charge in [0.2, 0.25) is 0 Å². The molecule has 35 heavy (non-hydrogen) atoms. The van der Waals surface area contributed by atoms with E-state index in [1.807, 2.05) is 26.8 Å². The molecule has 0 bridgehead atoms. The lowest BCUT2D eigenvalue weighted by atomic mass is 9.85. The van der Waals surface area contributed by atoms with Crippen LogP contribution in [0.5, 0.6) is 0 Å². The third-order valence-corrected chi connectivity index (χ3v) is 5.83. The average Bonchev–Trinajstić information content (AvgIpc) is 3.15. The Kier molecular flexibility index (Phi) is 11.9.